The summed E-state index contributed by atoms with van der Waals surface area (Å²) in [5, 5.41) is 18.5. The topological polar surface area (TPSA) is 108 Å². The maximum absolute atomic E-state index is 12.6. The highest BCUT2D eigenvalue weighted by Gasteiger charge is 2.24. The van der Waals surface area contributed by atoms with Crippen molar-refractivity contribution in [3.8, 4) is 0 Å². The number of carboxylic acid groups (broad SMARTS) is 1. The molecule has 1 aliphatic rings. The Balaban J connectivity index is 1.63. The Bertz CT molecular complexity index is 936. The number of nitrogens with one attached hydrogen (secondary N) is 3. The van der Waals surface area contributed by atoms with Crippen molar-refractivity contribution in [2.45, 2.75) is 44.7 Å². The molecule has 1 unspecified atom stereocenters. The van der Waals surface area contributed by atoms with Crippen LogP contribution >= 0.6 is 11.6 Å². The highest BCUT2D eigenvalue weighted by Crippen LogP contribution is 2.20. The van der Waals surface area contributed by atoms with Crippen LogP contribution < -0.4 is 16.0 Å². The van der Waals surface area contributed by atoms with Gasteiger partial charge in [0.05, 0.1) is 16.6 Å². The van der Waals surface area contributed by atoms with E-state index in [1.54, 1.807) is 49.4 Å². The Hall–Kier alpha value is -2.90. The van der Waals surface area contributed by atoms with Crippen LogP contribution in [0.25, 0.3) is 0 Å². The lowest BCUT2D eigenvalue weighted by atomic mass is 10.0. The van der Waals surface area contributed by atoms with E-state index in [2.05, 4.69) is 16.0 Å². The zero-order chi connectivity index (χ0) is 22.4. The van der Waals surface area contributed by atoms with Gasteiger partial charge in [-0.15, -0.1) is 0 Å². The van der Waals surface area contributed by atoms with Gasteiger partial charge in [-0.1, -0.05) is 42.3 Å². The minimum Gasteiger partial charge on any atom is -0.480 e. The third-order valence-corrected chi connectivity index (χ3v) is 5.66. The van der Waals surface area contributed by atoms with E-state index in [9.17, 15) is 19.5 Å². The first-order chi connectivity index (χ1) is 14.8. The summed E-state index contributed by atoms with van der Waals surface area (Å²) >= 11 is 6.12. The van der Waals surface area contributed by atoms with Crippen molar-refractivity contribution in [1.82, 2.24) is 10.6 Å². The summed E-state index contributed by atoms with van der Waals surface area (Å²) in [7, 11) is 0. The molecule has 2 atom stereocenters. The number of hydrogen-bond acceptors (Lipinski definition) is 4. The van der Waals surface area contributed by atoms with Crippen LogP contribution in [0.2, 0.25) is 5.02 Å². The molecule has 8 heteroatoms. The number of aliphatic carboxylic acids is 1. The maximum atomic E-state index is 12.6. The lowest BCUT2D eigenvalue weighted by molar-refractivity contribution is -0.139. The van der Waals surface area contributed by atoms with E-state index in [1.807, 2.05) is 0 Å². The second kappa shape index (κ2) is 10.4. The van der Waals surface area contributed by atoms with Crippen molar-refractivity contribution in [3.63, 3.8) is 0 Å². The molecule has 2 aromatic rings. The monoisotopic (exact) mass is 443 g/mol. The molecule has 0 radical (unpaired) electrons. The molecule has 4 N–H and O–H groups in total. The number of carboxylic acids is 1. The molecule has 0 saturated carbocycles. The molecule has 3 rings (SSSR count). The average Bonchev–Trinajstić information content (AvgIpc) is 2.75. The van der Waals surface area contributed by atoms with Crippen molar-refractivity contribution in [2.24, 2.45) is 0 Å². The van der Waals surface area contributed by atoms with Gasteiger partial charge in [0.2, 0.25) is 5.91 Å². The van der Waals surface area contributed by atoms with Gasteiger partial charge in [0.1, 0.15) is 6.04 Å². The number of rotatable bonds is 7. The molecule has 0 aromatic heterocycles. The first-order valence-electron chi connectivity index (χ1n) is 10.3. The third kappa shape index (κ3) is 6.06. The van der Waals surface area contributed by atoms with E-state index in [1.165, 1.54) is 0 Å². The molecule has 0 spiro atoms. The predicted molar refractivity (Wildman–Crippen MR) is 119 cm³/mol. The molecule has 0 bridgehead atoms. The largest absolute Gasteiger partial charge is 0.480 e. The molecule has 7 nitrogen and oxygen atoms in total. The number of carbonyl (C=O) groups excluding carboxylic acids is 2. The van der Waals surface area contributed by atoms with Crippen molar-refractivity contribution in [1.29, 1.82) is 0 Å². The summed E-state index contributed by atoms with van der Waals surface area (Å²) in [5.74, 6) is -1.74. The van der Waals surface area contributed by atoms with Crippen LogP contribution in [-0.4, -0.2) is 41.5 Å². The van der Waals surface area contributed by atoms with Crippen LogP contribution in [-0.2, 0) is 16.0 Å². The van der Waals surface area contributed by atoms with Crippen molar-refractivity contribution in [3.05, 3.63) is 64.2 Å². The first-order valence-corrected chi connectivity index (χ1v) is 10.6. The van der Waals surface area contributed by atoms with E-state index in [-0.39, 0.29) is 29.0 Å². The van der Waals surface area contributed by atoms with Crippen LogP contribution in [0.4, 0.5) is 5.69 Å². The van der Waals surface area contributed by atoms with Crippen molar-refractivity contribution in [2.75, 3.05) is 11.9 Å². The quantitative estimate of drug-likeness (QED) is 0.525. The maximum Gasteiger partial charge on any atom is 0.326 e. The van der Waals surface area contributed by atoms with Gasteiger partial charge in [-0.3, -0.25) is 9.59 Å². The number of aryl methyl sites for hydroxylation is 1. The number of halogens is 1. The summed E-state index contributed by atoms with van der Waals surface area (Å²) in [6.45, 7) is 2.58. The highest BCUT2D eigenvalue weighted by molar-refractivity contribution is 6.34. The molecule has 1 saturated heterocycles. The predicted octanol–water partition coefficient (Wildman–Crippen LogP) is 3.15. The molecular weight excluding hydrogens is 418 g/mol. The van der Waals surface area contributed by atoms with E-state index >= 15 is 0 Å². The Kier molecular flexibility index (Phi) is 7.65. The Labute approximate surface area is 186 Å². The van der Waals surface area contributed by atoms with Gasteiger partial charge in [0.25, 0.3) is 5.91 Å². The van der Waals surface area contributed by atoms with Crippen LogP contribution in [0.1, 0.15) is 40.7 Å². The zero-order valence-corrected chi connectivity index (χ0v) is 18.0. The van der Waals surface area contributed by atoms with E-state index < -0.39 is 17.9 Å². The summed E-state index contributed by atoms with van der Waals surface area (Å²) in [5.41, 5.74) is 2.30. The van der Waals surface area contributed by atoms with E-state index in [0.717, 1.165) is 31.4 Å². The van der Waals surface area contributed by atoms with Gasteiger partial charge in [-0.2, -0.15) is 0 Å². The summed E-state index contributed by atoms with van der Waals surface area (Å²) < 4.78 is 0. The molecule has 1 heterocycles. The molecule has 1 aliphatic heterocycles. The number of amides is 2. The van der Waals surface area contributed by atoms with Gasteiger partial charge in [-0.05, 0) is 55.6 Å². The van der Waals surface area contributed by atoms with Crippen molar-refractivity contribution >= 4 is 35.1 Å². The molecular formula is C23H26ClN3O4. The fraction of sp³-hybridized carbons (Fsp3) is 0.348. The molecule has 2 aromatic carbocycles. The minimum atomic E-state index is -1.14. The van der Waals surface area contributed by atoms with Gasteiger partial charge in [0.15, 0.2) is 0 Å². The Morgan fingerprint density at radius 3 is 2.52 bits per heavy atom. The lowest BCUT2D eigenvalue weighted by Crippen LogP contribution is -2.43. The Morgan fingerprint density at radius 1 is 1.16 bits per heavy atom. The molecule has 0 aliphatic carbocycles. The smallest absolute Gasteiger partial charge is 0.326 e. The minimum absolute atomic E-state index is 0.0711. The van der Waals surface area contributed by atoms with Gasteiger partial charge in [-0.25, -0.2) is 4.79 Å². The third-order valence-electron chi connectivity index (χ3n) is 5.34. The normalized spacial score (nSPS) is 16.9. The molecule has 31 heavy (non-hydrogen) atoms. The summed E-state index contributed by atoms with van der Waals surface area (Å²) in [6.07, 6.45) is 3.02. The summed E-state index contributed by atoms with van der Waals surface area (Å²) in [4.78, 5) is 36.6. The fourth-order valence-electron chi connectivity index (χ4n) is 3.61. The van der Waals surface area contributed by atoms with Crippen molar-refractivity contribution < 1.29 is 19.5 Å². The number of benzene rings is 2. The SMILES string of the molecule is Cc1cccc(Cl)c1C(=O)N[C@@H](Cc1ccc(NC(=O)C2CCCCN2)cc1)C(=O)O. The number of anilines is 1. The standard InChI is InChI=1S/C23H26ClN3O4/c1-14-5-4-6-17(24)20(14)22(29)27-19(23(30)31)13-15-8-10-16(11-9-15)26-21(28)18-7-2-3-12-25-18/h4-6,8-11,18-19,25H,2-3,7,12-13H2,1H3,(H,26,28)(H,27,29)(H,30,31)/t18?,19-/m0/s1. The summed E-state index contributed by atoms with van der Waals surface area (Å²) in [6, 6.07) is 10.7. The first kappa shape index (κ1) is 22.8. The number of piperidine rings is 1. The van der Waals surface area contributed by atoms with Crippen LogP contribution in [0.5, 0.6) is 0 Å². The van der Waals surface area contributed by atoms with Crippen LogP contribution in [0.3, 0.4) is 0 Å². The van der Waals surface area contributed by atoms with E-state index in [4.69, 9.17) is 11.6 Å². The Morgan fingerprint density at radius 2 is 1.90 bits per heavy atom. The lowest BCUT2D eigenvalue weighted by Gasteiger charge is -2.22. The van der Waals surface area contributed by atoms with E-state index in [0.29, 0.717) is 11.3 Å². The van der Waals surface area contributed by atoms with Gasteiger partial charge < -0.3 is 21.1 Å². The zero-order valence-electron chi connectivity index (χ0n) is 17.3. The second-order valence-corrected chi connectivity index (χ2v) is 8.10. The van der Waals surface area contributed by atoms with Crippen LogP contribution in [0.15, 0.2) is 42.5 Å². The van der Waals surface area contributed by atoms with Gasteiger partial charge >= 0.3 is 5.97 Å². The molecule has 1 fully saturated rings. The average molecular weight is 444 g/mol. The van der Waals surface area contributed by atoms with Gasteiger partial charge in [0, 0.05) is 12.1 Å². The highest BCUT2D eigenvalue weighted by atomic mass is 35.5. The van der Waals surface area contributed by atoms with Crippen LogP contribution in [0, 0.1) is 6.92 Å². The second-order valence-electron chi connectivity index (χ2n) is 7.69. The molecule has 2 amide bonds. The fourth-order valence-corrected chi connectivity index (χ4v) is 3.92. The number of carbonyl (C=O) groups is 3. The molecule has 164 valence electrons. The number of hydrogen-bond donors (Lipinski definition) is 4.